The Labute approximate surface area is 78.6 Å². The monoisotopic (exact) mass is 183 g/mol. The van der Waals surface area contributed by atoms with Crippen molar-refractivity contribution in [2.75, 3.05) is 12.4 Å². The lowest BCUT2D eigenvalue weighted by atomic mass is 10.1. The van der Waals surface area contributed by atoms with E-state index in [1.165, 1.54) is 0 Å². The fraction of sp³-hybridized carbons (Fsp3) is 0.667. The van der Waals surface area contributed by atoms with Crippen LogP contribution in [-0.4, -0.2) is 27.5 Å². The zero-order valence-corrected chi connectivity index (χ0v) is 8.41. The van der Waals surface area contributed by atoms with Crippen LogP contribution in [0.5, 0.6) is 0 Å². The average molecular weight is 183 g/mol. The minimum absolute atomic E-state index is 0.619. The molecule has 0 radical (unpaired) electrons. The Bertz CT molecular complexity index is 262. The van der Waals surface area contributed by atoms with E-state index < -0.39 is 5.60 Å². The number of nitrogens with zero attached hydrogens (tertiary/aromatic N) is 2. The molecule has 0 aliphatic rings. The first-order valence-corrected chi connectivity index (χ1v) is 4.44. The molecule has 0 aromatic carbocycles. The summed E-state index contributed by atoms with van der Waals surface area (Å²) in [6.07, 6.45) is 4.40. The molecule has 1 aromatic heterocycles. The first-order chi connectivity index (χ1) is 6.01. The number of aryl methyl sites for hydroxylation is 1. The molecule has 0 bridgehead atoms. The van der Waals surface area contributed by atoms with Crippen LogP contribution in [0.2, 0.25) is 0 Å². The number of hydrogen-bond donors (Lipinski definition) is 2. The molecule has 0 aliphatic heterocycles. The zero-order valence-electron chi connectivity index (χ0n) is 8.41. The maximum Gasteiger partial charge on any atom is 0.0723 e. The van der Waals surface area contributed by atoms with Crippen molar-refractivity contribution in [1.82, 2.24) is 9.78 Å². The van der Waals surface area contributed by atoms with Crippen LogP contribution in [0.3, 0.4) is 0 Å². The predicted molar refractivity (Wildman–Crippen MR) is 52.7 cm³/mol. The molecule has 74 valence electrons. The molecule has 0 amide bonds. The van der Waals surface area contributed by atoms with Gasteiger partial charge in [0.2, 0.25) is 0 Å². The van der Waals surface area contributed by atoms with Gasteiger partial charge in [0.05, 0.1) is 17.5 Å². The zero-order chi connectivity index (χ0) is 9.90. The lowest BCUT2D eigenvalue weighted by molar-refractivity contribution is 0.0651. The average Bonchev–Trinajstić information content (AvgIpc) is 2.47. The maximum atomic E-state index is 9.49. The second kappa shape index (κ2) is 3.79. The Morgan fingerprint density at radius 1 is 1.62 bits per heavy atom. The van der Waals surface area contributed by atoms with Crippen molar-refractivity contribution in [3.63, 3.8) is 0 Å². The summed E-state index contributed by atoms with van der Waals surface area (Å²) in [5, 5.41) is 16.6. The molecule has 0 atom stereocenters. The number of nitrogens with one attached hydrogen (secondary N) is 1. The number of hydrogen-bond acceptors (Lipinski definition) is 3. The van der Waals surface area contributed by atoms with E-state index in [2.05, 4.69) is 10.4 Å². The SMILES string of the molecule is CNc1cnn(CCC(C)(C)O)c1. The molecule has 1 aromatic rings. The third kappa shape index (κ3) is 3.46. The Hall–Kier alpha value is -1.03. The molecule has 0 fully saturated rings. The van der Waals surface area contributed by atoms with Crippen LogP contribution in [0, 0.1) is 0 Å². The molecule has 13 heavy (non-hydrogen) atoms. The lowest BCUT2D eigenvalue weighted by Crippen LogP contribution is -2.21. The molecule has 4 nitrogen and oxygen atoms in total. The van der Waals surface area contributed by atoms with Crippen LogP contribution in [0.15, 0.2) is 12.4 Å². The van der Waals surface area contributed by atoms with Crippen molar-refractivity contribution in [3.05, 3.63) is 12.4 Å². The van der Waals surface area contributed by atoms with Crippen LogP contribution in [-0.2, 0) is 6.54 Å². The molecule has 2 N–H and O–H groups in total. The van der Waals surface area contributed by atoms with Crippen LogP contribution in [0.25, 0.3) is 0 Å². The summed E-state index contributed by atoms with van der Waals surface area (Å²) in [6.45, 7) is 4.34. The summed E-state index contributed by atoms with van der Waals surface area (Å²) < 4.78 is 1.82. The van der Waals surface area contributed by atoms with Crippen molar-refractivity contribution >= 4 is 5.69 Å². The largest absolute Gasteiger partial charge is 0.390 e. The quantitative estimate of drug-likeness (QED) is 0.734. The van der Waals surface area contributed by atoms with Crippen LogP contribution in [0.1, 0.15) is 20.3 Å². The molecule has 1 rings (SSSR count). The molecule has 1 heterocycles. The maximum absolute atomic E-state index is 9.49. The molecular weight excluding hydrogens is 166 g/mol. The highest BCUT2D eigenvalue weighted by atomic mass is 16.3. The van der Waals surface area contributed by atoms with Gasteiger partial charge in [-0.15, -0.1) is 0 Å². The van der Waals surface area contributed by atoms with Crippen LogP contribution in [0.4, 0.5) is 5.69 Å². The topological polar surface area (TPSA) is 50.1 Å². The van der Waals surface area contributed by atoms with Gasteiger partial charge in [0, 0.05) is 19.8 Å². The van der Waals surface area contributed by atoms with Gasteiger partial charge >= 0.3 is 0 Å². The second-order valence-corrected chi connectivity index (χ2v) is 3.80. The summed E-state index contributed by atoms with van der Waals surface area (Å²) in [5.74, 6) is 0. The van der Waals surface area contributed by atoms with E-state index in [0.29, 0.717) is 6.42 Å². The summed E-state index contributed by atoms with van der Waals surface area (Å²) >= 11 is 0. The normalized spacial score (nSPS) is 11.7. The third-order valence-corrected chi connectivity index (χ3v) is 1.87. The summed E-state index contributed by atoms with van der Waals surface area (Å²) in [5.41, 5.74) is 0.377. The highest BCUT2D eigenvalue weighted by molar-refractivity contribution is 5.36. The molecular formula is C9H17N3O. The Kier molecular flexibility index (Phi) is 2.93. The van der Waals surface area contributed by atoms with Gasteiger partial charge in [0.25, 0.3) is 0 Å². The molecule has 0 saturated heterocycles. The number of aliphatic hydroxyl groups is 1. The molecule has 0 unspecified atom stereocenters. The van der Waals surface area contributed by atoms with E-state index in [9.17, 15) is 5.11 Å². The van der Waals surface area contributed by atoms with Crippen molar-refractivity contribution in [3.8, 4) is 0 Å². The van der Waals surface area contributed by atoms with Gasteiger partial charge in [-0.2, -0.15) is 5.10 Å². The molecule has 0 saturated carbocycles. The van der Waals surface area contributed by atoms with Gasteiger partial charge < -0.3 is 10.4 Å². The van der Waals surface area contributed by atoms with Gasteiger partial charge in [-0.3, -0.25) is 4.68 Å². The molecule has 0 aliphatic carbocycles. The summed E-state index contributed by atoms with van der Waals surface area (Å²) in [4.78, 5) is 0. The van der Waals surface area contributed by atoms with Crippen molar-refractivity contribution in [2.45, 2.75) is 32.4 Å². The van der Waals surface area contributed by atoms with Gasteiger partial charge in [-0.25, -0.2) is 0 Å². The van der Waals surface area contributed by atoms with E-state index in [-0.39, 0.29) is 0 Å². The van der Waals surface area contributed by atoms with E-state index >= 15 is 0 Å². The fourth-order valence-electron chi connectivity index (χ4n) is 1.00. The number of anilines is 1. The highest BCUT2D eigenvalue weighted by Gasteiger charge is 2.12. The van der Waals surface area contributed by atoms with Gasteiger partial charge in [0.1, 0.15) is 0 Å². The van der Waals surface area contributed by atoms with Crippen LogP contribution < -0.4 is 5.32 Å². The van der Waals surface area contributed by atoms with Gasteiger partial charge in [0.15, 0.2) is 0 Å². The van der Waals surface area contributed by atoms with Crippen molar-refractivity contribution in [1.29, 1.82) is 0 Å². The number of rotatable bonds is 4. The Balaban J connectivity index is 2.46. The summed E-state index contributed by atoms with van der Waals surface area (Å²) in [6, 6.07) is 0. The lowest BCUT2D eigenvalue weighted by Gasteiger charge is -2.16. The van der Waals surface area contributed by atoms with E-state index in [4.69, 9.17) is 0 Å². The number of aromatic nitrogens is 2. The van der Waals surface area contributed by atoms with Crippen molar-refractivity contribution < 1.29 is 5.11 Å². The molecule has 4 heteroatoms. The Morgan fingerprint density at radius 3 is 2.77 bits per heavy atom. The summed E-state index contributed by atoms with van der Waals surface area (Å²) in [7, 11) is 1.86. The van der Waals surface area contributed by atoms with E-state index in [1.807, 2.05) is 17.9 Å². The predicted octanol–water partition coefficient (Wildman–Crippen LogP) is 1.09. The molecule has 0 spiro atoms. The minimum atomic E-state index is -0.619. The van der Waals surface area contributed by atoms with Gasteiger partial charge in [-0.1, -0.05) is 0 Å². The fourth-order valence-corrected chi connectivity index (χ4v) is 1.00. The van der Waals surface area contributed by atoms with E-state index in [0.717, 1.165) is 12.2 Å². The first kappa shape index (κ1) is 10.1. The highest BCUT2D eigenvalue weighted by Crippen LogP contribution is 2.10. The van der Waals surface area contributed by atoms with E-state index in [1.54, 1.807) is 20.0 Å². The smallest absolute Gasteiger partial charge is 0.0723 e. The van der Waals surface area contributed by atoms with Crippen molar-refractivity contribution in [2.24, 2.45) is 0 Å². The van der Waals surface area contributed by atoms with Crippen LogP contribution >= 0.6 is 0 Å². The minimum Gasteiger partial charge on any atom is -0.390 e. The first-order valence-electron chi connectivity index (χ1n) is 4.44. The van der Waals surface area contributed by atoms with Gasteiger partial charge in [-0.05, 0) is 20.3 Å². The third-order valence-electron chi connectivity index (χ3n) is 1.87. The Morgan fingerprint density at radius 2 is 2.31 bits per heavy atom. The standard InChI is InChI=1S/C9H17N3O/c1-9(2,13)4-5-12-7-8(10-3)6-11-12/h6-7,10,13H,4-5H2,1-3H3. The second-order valence-electron chi connectivity index (χ2n) is 3.80.